The highest BCUT2D eigenvalue weighted by molar-refractivity contribution is 6.06. The summed E-state index contributed by atoms with van der Waals surface area (Å²) in [7, 11) is 1.57. The van der Waals surface area contributed by atoms with Crippen LogP contribution in [0.3, 0.4) is 0 Å². The number of carbonyl (C=O) groups is 1. The molecule has 0 aliphatic carbocycles. The van der Waals surface area contributed by atoms with E-state index in [0.717, 1.165) is 22.4 Å². The van der Waals surface area contributed by atoms with E-state index >= 15 is 0 Å². The summed E-state index contributed by atoms with van der Waals surface area (Å²) in [6, 6.07) is 11.4. The summed E-state index contributed by atoms with van der Waals surface area (Å²) in [5.74, 6) is 1.68. The van der Waals surface area contributed by atoms with Crippen LogP contribution in [0.25, 0.3) is 16.8 Å². The van der Waals surface area contributed by atoms with Gasteiger partial charge in [-0.2, -0.15) is 5.10 Å². The molecule has 8 heteroatoms. The summed E-state index contributed by atoms with van der Waals surface area (Å²) in [6.45, 7) is 10.7. The number of hydrogen-bond acceptors (Lipinski definition) is 6. The second-order valence-electron chi connectivity index (χ2n) is 8.14. The van der Waals surface area contributed by atoms with Crippen LogP contribution in [-0.4, -0.2) is 40.8 Å². The third-order valence-corrected chi connectivity index (χ3v) is 5.74. The highest BCUT2D eigenvalue weighted by Gasteiger charge is 2.21. The molecule has 0 saturated carbocycles. The van der Waals surface area contributed by atoms with Crippen molar-refractivity contribution >= 4 is 17.2 Å². The predicted octanol–water partition coefficient (Wildman–Crippen LogP) is 5.38. The lowest BCUT2D eigenvalue weighted by molar-refractivity contribution is 0.102. The first-order valence-corrected chi connectivity index (χ1v) is 11.6. The molecule has 0 aliphatic rings. The fourth-order valence-corrected chi connectivity index (χ4v) is 4.08. The molecule has 182 valence electrons. The van der Waals surface area contributed by atoms with Crippen LogP contribution >= 0.6 is 0 Å². The van der Waals surface area contributed by atoms with Gasteiger partial charge in [0.05, 0.1) is 43.0 Å². The highest BCUT2D eigenvalue weighted by atomic mass is 16.5. The normalized spacial score (nSPS) is 10.9. The number of nitrogens with one attached hydrogen (secondary N) is 1. The number of fused-ring (bicyclic) bond motifs is 1. The van der Waals surface area contributed by atoms with Crippen molar-refractivity contribution < 1.29 is 19.0 Å². The second kappa shape index (κ2) is 10.0. The van der Waals surface area contributed by atoms with E-state index in [1.807, 2.05) is 71.0 Å². The number of aryl methyl sites for hydroxylation is 3. The van der Waals surface area contributed by atoms with Crippen molar-refractivity contribution in [1.29, 1.82) is 0 Å². The van der Waals surface area contributed by atoms with Crippen molar-refractivity contribution in [2.75, 3.05) is 25.6 Å². The van der Waals surface area contributed by atoms with E-state index in [-0.39, 0.29) is 5.91 Å². The molecule has 35 heavy (non-hydrogen) atoms. The summed E-state index contributed by atoms with van der Waals surface area (Å²) in [4.78, 5) is 17.8. The fourth-order valence-electron chi connectivity index (χ4n) is 4.08. The molecule has 1 amide bonds. The van der Waals surface area contributed by atoms with Crippen LogP contribution in [0, 0.1) is 20.8 Å². The Morgan fingerprint density at radius 3 is 2.40 bits per heavy atom. The molecule has 2 heterocycles. The minimum atomic E-state index is -0.282. The first-order valence-electron chi connectivity index (χ1n) is 11.6. The fraction of sp³-hybridized carbons (Fsp3) is 0.296. The maximum Gasteiger partial charge on any atom is 0.259 e. The monoisotopic (exact) mass is 474 g/mol. The SMILES string of the molecule is CCOc1ccc(-c2c(C)nn3c(C)c(C(=O)Nc4cc(C)ccc4OC)cnc23)cc1OCC. The maximum atomic E-state index is 13.2. The lowest BCUT2D eigenvalue weighted by atomic mass is 10.1. The first kappa shape index (κ1) is 24.1. The van der Waals surface area contributed by atoms with Crippen molar-refractivity contribution in [3.63, 3.8) is 0 Å². The van der Waals surface area contributed by atoms with E-state index in [1.54, 1.807) is 17.8 Å². The number of benzene rings is 2. The zero-order chi connectivity index (χ0) is 25.1. The molecule has 4 aromatic rings. The average Bonchev–Trinajstić information content (AvgIpc) is 3.17. The third-order valence-electron chi connectivity index (χ3n) is 5.74. The van der Waals surface area contributed by atoms with E-state index in [1.165, 1.54) is 0 Å². The first-order chi connectivity index (χ1) is 16.9. The van der Waals surface area contributed by atoms with Crippen molar-refractivity contribution in [1.82, 2.24) is 14.6 Å². The zero-order valence-corrected chi connectivity index (χ0v) is 20.9. The van der Waals surface area contributed by atoms with Crippen LogP contribution in [0.2, 0.25) is 0 Å². The number of ether oxygens (including phenoxy) is 3. The Morgan fingerprint density at radius 1 is 0.971 bits per heavy atom. The van der Waals surface area contributed by atoms with E-state index in [4.69, 9.17) is 19.3 Å². The maximum absolute atomic E-state index is 13.2. The average molecular weight is 475 g/mol. The van der Waals surface area contributed by atoms with Crippen molar-refractivity contribution in [3.8, 4) is 28.4 Å². The van der Waals surface area contributed by atoms with Gasteiger partial charge in [-0.1, -0.05) is 12.1 Å². The van der Waals surface area contributed by atoms with E-state index in [0.29, 0.717) is 53.1 Å². The smallest absolute Gasteiger partial charge is 0.259 e. The summed E-state index contributed by atoms with van der Waals surface area (Å²) in [5, 5.41) is 7.64. The van der Waals surface area contributed by atoms with Gasteiger partial charge in [-0.25, -0.2) is 9.50 Å². The molecule has 4 rings (SSSR count). The molecule has 0 bridgehead atoms. The van der Waals surface area contributed by atoms with Crippen LogP contribution in [0.4, 0.5) is 5.69 Å². The minimum absolute atomic E-state index is 0.282. The molecule has 0 fully saturated rings. The molecule has 0 radical (unpaired) electrons. The number of aromatic nitrogens is 3. The zero-order valence-electron chi connectivity index (χ0n) is 20.9. The number of amides is 1. The van der Waals surface area contributed by atoms with Gasteiger partial charge in [-0.3, -0.25) is 4.79 Å². The molecule has 8 nitrogen and oxygen atoms in total. The molecule has 2 aromatic carbocycles. The Labute approximate surface area is 204 Å². The molecule has 2 aromatic heterocycles. The number of rotatable bonds is 8. The molecule has 0 aliphatic heterocycles. The summed E-state index contributed by atoms with van der Waals surface area (Å²) < 4.78 is 18.6. The number of nitrogens with zero attached hydrogens (tertiary/aromatic N) is 3. The summed E-state index contributed by atoms with van der Waals surface area (Å²) >= 11 is 0. The Balaban J connectivity index is 1.74. The lowest BCUT2D eigenvalue weighted by Crippen LogP contribution is -2.16. The lowest BCUT2D eigenvalue weighted by Gasteiger charge is -2.13. The van der Waals surface area contributed by atoms with Crippen LogP contribution in [0.1, 0.15) is 41.2 Å². The van der Waals surface area contributed by atoms with Crippen LogP contribution in [-0.2, 0) is 0 Å². The number of carbonyl (C=O) groups excluding carboxylic acids is 1. The molecule has 0 atom stereocenters. The van der Waals surface area contributed by atoms with Crippen LogP contribution in [0.15, 0.2) is 42.6 Å². The molecule has 1 N–H and O–H groups in total. The van der Waals surface area contributed by atoms with Gasteiger partial charge in [0.1, 0.15) is 5.75 Å². The van der Waals surface area contributed by atoms with Gasteiger partial charge in [-0.15, -0.1) is 0 Å². The van der Waals surface area contributed by atoms with Crippen LogP contribution in [0.5, 0.6) is 17.2 Å². The van der Waals surface area contributed by atoms with Crippen molar-refractivity contribution in [2.24, 2.45) is 0 Å². The van der Waals surface area contributed by atoms with Crippen molar-refractivity contribution in [3.05, 3.63) is 65.1 Å². The second-order valence-corrected chi connectivity index (χ2v) is 8.14. The Kier molecular flexibility index (Phi) is 6.91. The Bertz CT molecular complexity index is 1390. The molecular formula is C27H30N4O4. The summed E-state index contributed by atoms with van der Waals surface area (Å²) in [5.41, 5.74) is 5.98. The minimum Gasteiger partial charge on any atom is -0.495 e. The topological polar surface area (TPSA) is 87.0 Å². The van der Waals surface area contributed by atoms with Crippen molar-refractivity contribution in [2.45, 2.75) is 34.6 Å². The molecular weight excluding hydrogens is 444 g/mol. The van der Waals surface area contributed by atoms with Gasteiger partial charge in [0.2, 0.25) is 0 Å². The Morgan fingerprint density at radius 2 is 1.69 bits per heavy atom. The van der Waals surface area contributed by atoms with Gasteiger partial charge < -0.3 is 19.5 Å². The largest absolute Gasteiger partial charge is 0.495 e. The summed E-state index contributed by atoms with van der Waals surface area (Å²) in [6.07, 6.45) is 1.59. The highest BCUT2D eigenvalue weighted by Crippen LogP contribution is 2.36. The quantitative estimate of drug-likeness (QED) is 0.369. The standard InChI is InChI=1S/C27H30N4O4/c1-7-34-23-12-10-19(14-24(23)35-8-2)25-17(4)30-31-18(5)20(15-28-26(25)31)27(32)29-21-13-16(3)9-11-22(21)33-6/h9-15H,7-8H2,1-6H3,(H,29,32). The number of hydrogen-bond donors (Lipinski definition) is 1. The molecule has 0 spiro atoms. The molecule has 0 saturated heterocycles. The van der Waals surface area contributed by atoms with Gasteiger partial charge in [0, 0.05) is 11.8 Å². The van der Waals surface area contributed by atoms with Crippen LogP contribution < -0.4 is 19.5 Å². The van der Waals surface area contributed by atoms with Gasteiger partial charge >= 0.3 is 0 Å². The number of methoxy groups -OCH3 is 1. The third kappa shape index (κ3) is 4.64. The van der Waals surface area contributed by atoms with Gasteiger partial charge in [0.25, 0.3) is 5.91 Å². The van der Waals surface area contributed by atoms with E-state index < -0.39 is 0 Å². The predicted molar refractivity (Wildman–Crippen MR) is 136 cm³/mol. The molecule has 0 unspecified atom stereocenters. The van der Waals surface area contributed by atoms with E-state index in [9.17, 15) is 4.79 Å². The van der Waals surface area contributed by atoms with Gasteiger partial charge in [0.15, 0.2) is 17.1 Å². The van der Waals surface area contributed by atoms with E-state index in [2.05, 4.69) is 10.3 Å². The van der Waals surface area contributed by atoms with Gasteiger partial charge in [-0.05, 0) is 70.0 Å². The number of anilines is 1. The Hall–Kier alpha value is -4.07.